The first-order chi connectivity index (χ1) is 42.0. The van der Waals surface area contributed by atoms with E-state index in [0.717, 1.165) is 91.1 Å². The van der Waals surface area contributed by atoms with Gasteiger partial charge in [0.1, 0.15) is 0 Å². The minimum atomic E-state index is -0.567. The quantitative estimate of drug-likeness (QED) is 0.0702. The van der Waals surface area contributed by atoms with Crippen LogP contribution in [0.3, 0.4) is 0 Å². The standard InChI is InChI=1S/C22H21N3O2.C16H17N3O2.C15H15N3O2.C15H17NO3/c1-23-18-7-9-19(10-8-18)25-20(26)15-22(21(25)27)11-13-24(14-12-22)16-17-5-3-2-4-6-17;1-17-12-3-5-13(6-4-12)19-14(20)11-16(15(19)21)7-9-18(2)10-8-16;1-16-11-2-4-12(5-3-11)18-13(19)10-15(14(18)20)6-8-17-9-7-15;17-13-10-15(14(18)19-13)6-8-16(9-7-15)11-12-4-2-1-3-5-12/h2-10H,11-16H2;3-6H,7-11H2,2H3;2-5,17H,6-10H2;1-5H,6-11H2. The number of piperidine rings is 4. The Balaban J connectivity index is 0.000000130. The number of carbonyl (C=O) groups excluding carboxylic acids is 8. The van der Waals surface area contributed by atoms with Crippen LogP contribution in [0.1, 0.15) is 88.2 Å². The van der Waals surface area contributed by atoms with Gasteiger partial charge in [0, 0.05) is 49.4 Å². The number of benzene rings is 5. The van der Waals surface area contributed by atoms with Crippen molar-refractivity contribution in [2.45, 2.75) is 90.1 Å². The van der Waals surface area contributed by atoms with Crippen molar-refractivity contribution in [1.82, 2.24) is 20.0 Å². The van der Waals surface area contributed by atoms with Crippen LogP contribution in [0.25, 0.3) is 14.5 Å². The zero-order valence-corrected chi connectivity index (χ0v) is 49.0. The molecule has 0 aliphatic carbocycles. The second-order valence-electron chi connectivity index (χ2n) is 24.2. The molecule has 446 valence electrons. The van der Waals surface area contributed by atoms with Crippen LogP contribution in [0.15, 0.2) is 133 Å². The Bertz CT molecular complexity index is 3530. The second kappa shape index (κ2) is 26.3. The summed E-state index contributed by atoms with van der Waals surface area (Å²) in [6.07, 6.45) is 6.96. The molecule has 13 rings (SSSR count). The number of hydrogen-bond acceptors (Lipinski definition) is 13. The van der Waals surface area contributed by atoms with Gasteiger partial charge in [-0.1, -0.05) is 97.1 Å². The Hall–Kier alpha value is -9.03. The molecular formula is C68H70N10O9. The number of anilines is 3. The lowest BCUT2D eigenvalue weighted by atomic mass is 9.77. The number of likely N-dealkylation sites (tertiary alicyclic amines) is 3. The van der Waals surface area contributed by atoms with Crippen molar-refractivity contribution in [2.24, 2.45) is 21.7 Å². The van der Waals surface area contributed by atoms with Crippen LogP contribution in [0.4, 0.5) is 34.1 Å². The topological polar surface area (TPSA) is 190 Å². The number of esters is 2. The van der Waals surface area contributed by atoms with Gasteiger partial charge in [-0.3, -0.25) is 62.9 Å². The van der Waals surface area contributed by atoms with E-state index in [9.17, 15) is 38.4 Å². The molecule has 8 aliphatic rings. The molecule has 8 aliphatic heterocycles. The molecule has 87 heavy (non-hydrogen) atoms. The third-order valence-corrected chi connectivity index (χ3v) is 18.6. The summed E-state index contributed by atoms with van der Waals surface area (Å²) in [5.41, 5.74) is 3.66. The number of ether oxygens (including phenoxy) is 1. The van der Waals surface area contributed by atoms with E-state index in [1.54, 1.807) is 72.8 Å². The van der Waals surface area contributed by atoms with E-state index in [-0.39, 0.29) is 60.2 Å². The molecule has 0 aromatic heterocycles. The zero-order valence-electron chi connectivity index (χ0n) is 49.0. The molecule has 1 N–H and O–H groups in total. The summed E-state index contributed by atoms with van der Waals surface area (Å²) in [6.45, 7) is 29.3. The number of amides is 6. The lowest BCUT2D eigenvalue weighted by Gasteiger charge is -2.37. The Morgan fingerprint density at radius 3 is 1.06 bits per heavy atom. The molecular weight excluding hydrogens is 1100 g/mol. The highest BCUT2D eigenvalue weighted by Crippen LogP contribution is 2.47. The molecule has 0 radical (unpaired) electrons. The zero-order chi connectivity index (χ0) is 61.3. The molecule has 8 saturated heterocycles. The highest BCUT2D eigenvalue weighted by atomic mass is 16.6. The number of nitrogens with one attached hydrogen (secondary N) is 1. The number of hydrogen-bond donors (Lipinski definition) is 1. The van der Waals surface area contributed by atoms with Crippen LogP contribution in [0.5, 0.6) is 0 Å². The van der Waals surface area contributed by atoms with E-state index in [0.29, 0.717) is 72.6 Å². The van der Waals surface area contributed by atoms with Gasteiger partial charge in [0.2, 0.25) is 35.4 Å². The maximum atomic E-state index is 13.1. The molecule has 8 fully saturated rings. The molecule has 5 aromatic rings. The smallest absolute Gasteiger partial charge is 0.320 e. The molecule has 6 amide bonds. The van der Waals surface area contributed by atoms with Crippen LogP contribution in [0, 0.1) is 41.4 Å². The Morgan fingerprint density at radius 2 is 0.736 bits per heavy atom. The molecule has 19 nitrogen and oxygen atoms in total. The summed E-state index contributed by atoms with van der Waals surface area (Å²) in [4.78, 5) is 120. The summed E-state index contributed by atoms with van der Waals surface area (Å²) >= 11 is 0. The molecule has 5 aromatic carbocycles. The summed E-state index contributed by atoms with van der Waals surface area (Å²) in [5.74, 6) is -1.30. The van der Waals surface area contributed by atoms with Crippen LogP contribution in [-0.2, 0) is 56.2 Å². The minimum Gasteiger partial charge on any atom is -0.393 e. The molecule has 0 bridgehead atoms. The first-order valence-corrected chi connectivity index (χ1v) is 29.7. The van der Waals surface area contributed by atoms with Crippen LogP contribution in [0.2, 0.25) is 0 Å². The van der Waals surface area contributed by atoms with Gasteiger partial charge in [0.05, 0.1) is 47.8 Å². The van der Waals surface area contributed by atoms with Crippen molar-refractivity contribution in [3.63, 3.8) is 0 Å². The normalized spacial score (nSPS) is 21.1. The fourth-order valence-corrected chi connectivity index (χ4v) is 13.3. The Labute approximate surface area is 507 Å². The van der Waals surface area contributed by atoms with E-state index in [4.69, 9.17) is 24.5 Å². The Morgan fingerprint density at radius 1 is 0.414 bits per heavy atom. The van der Waals surface area contributed by atoms with Crippen molar-refractivity contribution in [3.8, 4) is 0 Å². The van der Waals surface area contributed by atoms with Crippen molar-refractivity contribution in [3.05, 3.63) is 179 Å². The van der Waals surface area contributed by atoms with E-state index in [2.05, 4.69) is 58.8 Å². The van der Waals surface area contributed by atoms with Gasteiger partial charge >= 0.3 is 11.9 Å². The molecule has 4 spiro atoms. The van der Waals surface area contributed by atoms with Gasteiger partial charge in [-0.05, 0) is 158 Å². The summed E-state index contributed by atoms with van der Waals surface area (Å²) in [6, 6.07) is 40.5. The van der Waals surface area contributed by atoms with E-state index in [1.807, 2.05) is 43.4 Å². The third-order valence-electron chi connectivity index (χ3n) is 18.6. The average molecular weight is 1170 g/mol. The molecule has 0 saturated carbocycles. The Kier molecular flexibility index (Phi) is 18.5. The van der Waals surface area contributed by atoms with Crippen molar-refractivity contribution >= 4 is 81.5 Å². The monoisotopic (exact) mass is 1170 g/mol. The first kappa shape index (κ1) is 61.1. The van der Waals surface area contributed by atoms with Crippen molar-refractivity contribution in [2.75, 3.05) is 74.1 Å². The minimum absolute atomic E-state index is 0.0730. The van der Waals surface area contributed by atoms with Gasteiger partial charge in [-0.25, -0.2) is 14.5 Å². The lowest BCUT2D eigenvalue weighted by Crippen LogP contribution is -2.44. The molecule has 0 atom stereocenters. The fraction of sp³-hybridized carbons (Fsp3) is 0.397. The van der Waals surface area contributed by atoms with Gasteiger partial charge in [0.15, 0.2) is 17.1 Å². The highest BCUT2D eigenvalue weighted by molar-refractivity contribution is 6.24. The maximum absolute atomic E-state index is 13.1. The van der Waals surface area contributed by atoms with Crippen LogP contribution >= 0.6 is 0 Å². The predicted octanol–water partition coefficient (Wildman–Crippen LogP) is 9.61. The summed E-state index contributed by atoms with van der Waals surface area (Å²) in [5, 5.41) is 3.23. The second-order valence-corrected chi connectivity index (χ2v) is 24.2. The largest absolute Gasteiger partial charge is 0.393 e. The van der Waals surface area contributed by atoms with E-state index >= 15 is 0 Å². The van der Waals surface area contributed by atoms with Crippen molar-refractivity contribution < 1.29 is 43.1 Å². The SMILES string of the molecule is O=C1CC2(CCN(Cc3ccccc3)CC2)C(=O)O1.[C-]#[N+]c1ccc(N2C(=O)CC3(CCN(C)CC3)C2=O)cc1.[C-]#[N+]c1ccc(N2C(=O)CC3(CCN(Cc4ccccc4)CC3)C2=O)cc1.[C-]#[N+]c1ccc(N2C(=O)CC3(CCNCC3)C2=O)cc1. The fourth-order valence-electron chi connectivity index (χ4n) is 13.3. The number of cyclic esters (lactones) is 2. The van der Waals surface area contributed by atoms with Gasteiger partial charge in [-0.15, -0.1) is 0 Å². The van der Waals surface area contributed by atoms with Crippen molar-refractivity contribution in [1.29, 1.82) is 0 Å². The average Bonchev–Trinajstić information content (AvgIpc) is 1.89. The highest BCUT2D eigenvalue weighted by Gasteiger charge is 2.55. The number of rotatable bonds is 7. The maximum Gasteiger partial charge on any atom is 0.320 e. The van der Waals surface area contributed by atoms with Crippen LogP contribution in [-0.4, -0.2) is 121 Å². The van der Waals surface area contributed by atoms with Crippen LogP contribution < -0.4 is 20.0 Å². The summed E-state index contributed by atoms with van der Waals surface area (Å²) in [7, 11) is 2.04. The van der Waals surface area contributed by atoms with Gasteiger partial charge in [0.25, 0.3) is 0 Å². The van der Waals surface area contributed by atoms with E-state index in [1.165, 1.54) is 25.8 Å². The van der Waals surface area contributed by atoms with E-state index < -0.39 is 21.7 Å². The number of imide groups is 3. The lowest BCUT2D eigenvalue weighted by molar-refractivity contribution is -0.156. The molecule has 19 heteroatoms. The van der Waals surface area contributed by atoms with Gasteiger partial charge in [-0.2, -0.15) is 0 Å². The predicted molar refractivity (Wildman–Crippen MR) is 326 cm³/mol. The number of nitrogens with zero attached hydrogens (tertiary/aromatic N) is 9. The first-order valence-electron chi connectivity index (χ1n) is 29.7. The summed E-state index contributed by atoms with van der Waals surface area (Å²) < 4.78 is 4.71. The third kappa shape index (κ3) is 13.2. The molecule has 0 unspecified atom stereocenters. The molecule has 8 heterocycles. The van der Waals surface area contributed by atoms with Gasteiger partial charge < -0.3 is 15.0 Å². The number of carbonyl (C=O) groups is 8.